The molecule has 4 unspecified atom stereocenters. The van der Waals surface area contributed by atoms with Gasteiger partial charge in [0.15, 0.2) is 0 Å². The molecule has 0 saturated heterocycles. The van der Waals surface area contributed by atoms with Crippen LogP contribution in [0.25, 0.3) is 0 Å². The second-order valence-corrected chi connectivity index (χ2v) is 7.10. The van der Waals surface area contributed by atoms with Crippen LogP contribution in [-0.2, 0) is 19.6 Å². The summed E-state index contributed by atoms with van der Waals surface area (Å²) in [5.41, 5.74) is 4.47. The third-order valence-electron chi connectivity index (χ3n) is 6.18. The zero-order valence-electron chi connectivity index (χ0n) is 11.4. The largest absolute Gasteiger partial charge is 0.309 e. The van der Waals surface area contributed by atoms with Gasteiger partial charge in [0.25, 0.3) is 0 Å². The molecule has 4 atom stereocenters. The lowest BCUT2D eigenvalue weighted by Gasteiger charge is -2.11. The quantitative estimate of drug-likeness (QED) is 0.865. The highest BCUT2D eigenvalue weighted by Crippen LogP contribution is 2.65. The molecular formula is C17H22N2. The first-order chi connectivity index (χ1) is 9.40. The van der Waals surface area contributed by atoms with Crippen LogP contribution in [0.4, 0.5) is 0 Å². The maximum Gasteiger partial charge on any atom is 0.0212 e. The minimum absolute atomic E-state index is 0.859. The number of hydrogen-bond acceptors (Lipinski definition) is 2. The van der Waals surface area contributed by atoms with Crippen molar-refractivity contribution in [1.82, 2.24) is 10.6 Å². The van der Waals surface area contributed by atoms with Gasteiger partial charge in [-0.25, -0.2) is 0 Å². The summed E-state index contributed by atoms with van der Waals surface area (Å²) in [6.45, 7) is 3.19. The van der Waals surface area contributed by atoms with Gasteiger partial charge in [0.2, 0.25) is 0 Å². The second-order valence-electron chi connectivity index (χ2n) is 7.10. The lowest BCUT2D eigenvalue weighted by atomic mass is 10.0. The van der Waals surface area contributed by atoms with Gasteiger partial charge < -0.3 is 10.6 Å². The fourth-order valence-corrected chi connectivity index (χ4v) is 5.29. The fraction of sp³-hybridized carbons (Fsp3) is 0.647. The molecule has 1 aromatic rings. The van der Waals surface area contributed by atoms with Crippen molar-refractivity contribution in [1.29, 1.82) is 0 Å². The van der Waals surface area contributed by atoms with E-state index in [-0.39, 0.29) is 0 Å². The Kier molecular flexibility index (Phi) is 2.19. The van der Waals surface area contributed by atoms with Crippen molar-refractivity contribution in [3.8, 4) is 0 Å². The zero-order chi connectivity index (χ0) is 12.4. The molecule has 2 N–H and O–H groups in total. The first kappa shape index (κ1) is 10.9. The average molecular weight is 254 g/mol. The number of hydrogen-bond donors (Lipinski definition) is 2. The summed E-state index contributed by atoms with van der Waals surface area (Å²) in [5, 5.41) is 7.27. The lowest BCUT2D eigenvalue weighted by Crippen LogP contribution is -2.22. The summed E-state index contributed by atoms with van der Waals surface area (Å²) in [7, 11) is 0. The van der Waals surface area contributed by atoms with Crippen molar-refractivity contribution in [2.24, 2.45) is 23.7 Å². The first-order valence-corrected chi connectivity index (χ1v) is 7.95. The van der Waals surface area contributed by atoms with E-state index in [4.69, 9.17) is 0 Å². The molecule has 0 spiro atoms. The minimum Gasteiger partial charge on any atom is -0.309 e. The van der Waals surface area contributed by atoms with Crippen LogP contribution < -0.4 is 10.6 Å². The zero-order valence-corrected chi connectivity index (χ0v) is 11.4. The summed E-state index contributed by atoms with van der Waals surface area (Å²) in [4.78, 5) is 0. The maximum absolute atomic E-state index is 3.85. The Bertz CT molecular complexity index is 508. The van der Waals surface area contributed by atoms with Crippen LogP contribution in [0.1, 0.15) is 36.0 Å². The minimum atomic E-state index is 0.859. The van der Waals surface area contributed by atoms with Crippen molar-refractivity contribution in [3.63, 3.8) is 0 Å². The van der Waals surface area contributed by atoms with Gasteiger partial charge in [-0.05, 0) is 59.6 Å². The Balaban J connectivity index is 1.25. The molecule has 0 radical (unpaired) electrons. The van der Waals surface area contributed by atoms with Gasteiger partial charge in [-0.2, -0.15) is 0 Å². The van der Waals surface area contributed by atoms with E-state index >= 15 is 0 Å². The summed E-state index contributed by atoms with van der Waals surface area (Å²) >= 11 is 0. The average Bonchev–Trinajstić information content (AvgIpc) is 2.85. The predicted molar refractivity (Wildman–Crippen MR) is 75.4 cm³/mol. The molecule has 3 fully saturated rings. The summed E-state index contributed by atoms with van der Waals surface area (Å²) < 4.78 is 0. The molecule has 0 amide bonds. The summed E-state index contributed by atoms with van der Waals surface area (Å²) in [6, 6.07) is 7.88. The van der Waals surface area contributed by atoms with Gasteiger partial charge in [-0.1, -0.05) is 18.2 Å². The smallest absolute Gasteiger partial charge is 0.0212 e. The molecule has 0 aromatic heterocycles. The van der Waals surface area contributed by atoms with Gasteiger partial charge >= 0.3 is 0 Å². The third kappa shape index (κ3) is 1.56. The van der Waals surface area contributed by atoms with Crippen LogP contribution in [0.2, 0.25) is 0 Å². The standard InChI is InChI=1S/C17H22N2/c1-2-13-8-18-9-14(13)5-10(1)7-19-17-15-11-3-4-12(6-11)16(15)17/h1-2,5,11-12,15-19H,3-4,6-9H2. The molecule has 3 aliphatic carbocycles. The molecule has 5 rings (SSSR count). The molecule has 100 valence electrons. The van der Waals surface area contributed by atoms with E-state index in [0.717, 1.165) is 49.3 Å². The fourth-order valence-electron chi connectivity index (χ4n) is 5.29. The Morgan fingerprint density at radius 1 is 1.05 bits per heavy atom. The normalized spacial score (nSPS) is 41.4. The third-order valence-corrected chi connectivity index (χ3v) is 6.18. The second kappa shape index (κ2) is 3.83. The van der Waals surface area contributed by atoms with Crippen molar-refractivity contribution < 1.29 is 0 Å². The van der Waals surface area contributed by atoms with E-state index in [1.165, 1.54) is 29.5 Å². The van der Waals surface area contributed by atoms with Crippen LogP contribution in [0.3, 0.4) is 0 Å². The van der Waals surface area contributed by atoms with Crippen LogP contribution >= 0.6 is 0 Å². The van der Waals surface area contributed by atoms with Crippen molar-refractivity contribution in [3.05, 3.63) is 34.9 Å². The topological polar surface area (TPSA) is 24.1 Å². The number of fused-ring (bicyclic) bond motifs is 6. The molecule has 2 heteroatoms. The number of benzene rings is 1. The van der Waals surface area contributed by atoms with E-state index < -0.39 is 0 Å². The Morgan fingerprint density at radius 3 is 2.68 bits per heavy atom. The highest BCUT2D eigenvalue weighted by Gasteiger charge is 2.64. The molecule has 19 heavy (non-hydrogen) atoms. The van der Waals surface area contributed by atoms with E-state index in [1.807, 2.05) is 0 Å². The van der Waals surface area contributed by atoms with E-state index in [1.54, 1.807) is 6.42 Å². The van der Waals surface area contributed by atoms with E-state index in [2.05, 4.69) is 28.8 Å². The first-order valence-electron chi connectivity index (χ1n) is 7.95. The van der Waals surface area contributed by atoms with Crippen molar-refractivity contribution >= 4 is 0 Å². The van der Waals surface area contributed by atoms with Gasteiger partial charge in [0, 0.05) is 25.7 Å². The lowest BCUT2D eigenvalue weighted by molar-refractivity contribution is 0.456. The van der Waals surface area contributed by atoms with Gasteiger partial charge in [-0.15, -0.1) is 0 Å². The molecule has 2 bridgehead atoms. The highest BCUT2D eigenvalue weighted by atomic mass is 15.0. The summed E-state index contributed by atoms with van der Waals surface area (Å²) in [6.07, 6.45) is 4.60. The van der Waals surface area contributed by atoms with E-state index in [9.17, 15) is 0 Å². The van der Waals surface area contributed by atoms with Crippen LogP contribution in [-0.4, -0.2) is 6.04 Å². The van der Waals surface area contributed by atoms with Crippen molar-refractivity contribution in [2.45, 2.75) is 44.9 Å². The van der Waals surface area contributed by atoms with Gasteiger partial charge in [0.1, 0.15) is 0 Å². The predicted octanol–water partition coefficient (Wildman–Crippen LogP) is 2.42. The monoisotopic (exact) mass is 254 g/mol. The molecule has 2 nitrogen and oxygen atoms in total. The van der Waals surface area contributed by atoms with Gasteiger partial charge in [0.05, 0.1) is 0 Å². The molecular weight excluding hydrogens is 232 g/mol. The molecule has 3 saturated carbocycles. The Hall–Kier alpha value is -0.860. The van der Waals surface area contributed by atoms with Crippen LogP contribution in [0, 0.1) is 23.7 Å². The van der Waals surface area contributed by atoms with Gasteiger partial charge in [-0.3, -0.25) is 0 Å². The molecule has 1 aliphatic heterocycles. The highest BCUT2D eigenvalue weighted by molar-refractivity contribution is 5.34. The SMILES string of the molecule is c1cc2c(cc1CNC1C3C4CCC(C4)C13)CNC2. The number of nitrogens with one attached hydrogen (secondary N) is 2. The van der Waals surface area contributed by atoms with Crippen LogP contribution in [0.15, 0.2) is 18.2 Å². The molecule has 1 aromatic carbocycles. The maximum atomic E-state index is 3.85. The molecule has 4 aliphatic rings. The van der Waals surface area contributed by atoms with E-state index in [0.29, 0.717) is 0 Å². The van der Waals surface area contributed by atoms with Crippen LogP contribution in [0.5, 0.6) is 0 Å². The Morgan fingerprint density at radius 2 is 1.84 bits per heavy atom. The Labute approximate surface area is 115 Å². The summed E-state index contributed by atoms with van der Waals surface area (Å²) in [5.74, 6) is 4.26. The van der Waals surface area contributed by atoms with Crippen molar-refractivity contribution in [2.75, 3.05) is 0 Å². The molecule has 1 heterocycles. The number of rotatable bonds is 3.